The van der Waals surface area contributed by atoms with Gasteiger partial charge in [-0.15, -0.1) is 0 Å². The SMILES string of the molecule is O=C(O)CC1(NC(=O)CC2CCCO2)CCCC1. The average Bonchev–Trinajstić information content (AvgIpc) is 2.89. The van der Waals surface area contributed by atoms with Gasteiger partial charge in [0.2, 0.25) is 5.91 Å². The summed E-state index contributed by atoms with van der Waals surface area (Å²) in [5.74, 6) is -0.903. The molecule has 0 aromatic rings. The van der Waals surface area contributed by atoms with Gasteiger partial charge in [0.15, 0.2) is 0 Å². The molecule has 5 nitrogen and oxygen atoms in total. The number of carbonyl (C=O) groups excluding carboxylic acids is 1. The maximum absolute atomic E-state index is 12.0. The Balaban J connectivity index is 1.87. The third-order valence-electron chi connectivity index (χ3n) is 3.89. The highest BCUT2D eigenvalue weighted by Gasteiger charge is 2.37. The number of carbonyl (C=O) groups is 2. The molecule has 2 fully saturated rings. The van der Waals surface area contributed by atoms with E-state index in [1.54, 1.807) is 0 Å². The first-order chi connectivity index (χ1) is 8.60. The van der Waals surface area contributed by atoms with E-state index in [-0.39, 0.29) is 18.4 Å². The molecule has 1 saturated carbocycles. The highest BCUT2D eigenvalue weighted by atomic mass is 16.5. The smallest absolute Gasteiger partial charge is 0.305 e. The zero-order chi connectivity index (χ0) is 13.0. The van der Waals surface area contributed by atoms with Crippen molar-refractivity contribution in [1.29, 1.82) is 0 Å². The second-order valence-corrected chi connectivity index (χ2v) is 5.45. The largest absolute Gasteiger partial charge is 0.481 e. The summed E-state index contributed by atoms with van der Waals surface area (Å²) in [5.41, 5.74) is -0.512. The summed E-state index contributed by atoms with van der Waals surface area (Å²) in [6.45, 7) is 0.734. The quantitative estimate of drug-likeness (QED) is 0.779. The van der Waals surface area contributed by atoms with Gasteiger partial charge in [-0.05, 0) is 25.7 Å². The molecule has 1 aliphatic heterocycles. The van der Waals surface area contributed by atoms with Gasteiger partial charge in [0.05, 0.1) is 24.5 Å². The first-order valence-corrected chi connectivity index (χ1v) is 6.74. The standard InChI is InChI=1S/C13H21NO4/c15-11(8-10-4-3-7-18-10)14-13(9-12(16)17)5-1-2-6-13/h10H,1-9H2,(H,14,15)(H,16,17). The number of nitrogens with one attached hydrogen (secondary N) is 1. The van der Waals surface area contributed by atoms with Crippen LogP contribution in [-0.4, -0.2) is 35.2 Å². The van der Waals surface area contributed by atoms with Crippen molar-refractivity contribution in [2.75, 3.05) is 6.61 Å². The number of rotatable bonds is 5. The monoisotopic (exact) mass is 255 g/mol. The molecule has 102 valence electrons. The van der Waals surface area contributed by atoms with Crippen LogP contribution in [0.4, 0.5) is 0 Å². The van der Waals surface area contributed by atoms with E-state index in [1.165, 1.54) is 0 Å². The highest BCUT2D eigenvalue weighted by molar-refractivity contribution is 5.78. The van der Waals surface area contributed by atoms with E-state index in [0.717, 1.165) is 45.1 Å². The van der Waals surface area contributed by atoms with Crippen LogP contribution in [0.3, 0.4) is 0 Å². The molecule has 1 aliphatic carbocycles. The molecule has 18 heavy (non-hydrogen) atoms. The summed E-state index contributed by atoms with van der Waals surface area (Å²) in [4.78, 5) is 22.9. The van der Waals surface area contributed by atoms with Crippen LogP contribution >= 0.6 is 0 Å². The average molecular weight is 255 g/mol. The van der Waals surface area contributed by atoms with Crippen LogP contribution in [-0.2, 0) is 14.3 Å². The van der Waals surface area contributed by atoms with Gasteiger partial charge in [0.25, 0.3) is 0 Å². The van der Waals surface area contributed by atoms with Crippen LogP contribution in [0.2, 0.25) is 0 Å². The van der Waals surface area contributed by atoms with Gasteiger partial charge in [-0.1, -0.05) is 12.8 Å². The summed E-state index contributed by atoms with van der Waals surface area (Å²) in [5, 5.41) is 11.9. The molecule has 1 atom stereocenters. The number of ether oxygens (including phenoxy) is 1. The minimum absolute atomic E-state index is 0.0216. The van der Waals surface area contributed by atoms with E-state index in [9.17, 15) is 9.59 Å². The first kappa shape index (κ1) is 13.3. The Morgan fingerprint density at radius 3 is 2.56 bits per heavy atom. The summed E-state index contributed by atoms with van der Waals surface area (Å²) in [6, 6.07) is 0. The second-order valence-electron chi connectivity index (χ2n) is 5.45. The van der Waals surface area contributed by atoms with Crippen LogP contribution in [0.5, 0.6) is 0 Å². The van der Waals surface area contributed by atoms with E-state index >= 15 is 0 Å². The lowest BCUT2D eigenvalue weighted by molar-refractivity contribution is -0.139. The Labute approximate surface area is 107 Å². The van der Waals surface area contributed by atoms with E-state index in [4.69, 9.17) is 9.84 Å². The second kappa shape index (κ2) is 5.69. The number of hydrogen-bond acceptors (Lipinski definition) is 3. The van der Waals surface area contributed by atoms with Crippen LogP contribution in [0.1, 0.15) is 51.4 Å². The lowest BCUT2D eigenvalue weighted by atomic mass is 9.93. The Kier molecular flexibility index (Phi) is 4.22. The first-order valence-electron chi connectivity index (χ1n) is 6.74. The number of amides is 1. The molecule has 0 bridgehead atoms. The van der Waals surface area contributed by atoms with E-state index in [0.29, 0.717) is 6.42 Å². The summed E-state index contributed by atoms with van der Waals surface area (Å²) < 4.78 is 5.42. The molecular formula is C13H21NO4. The van der Waals surface area contributed by atoms with Gasteiger partial charge in [-0.25, -0.2) is 0 Å². The normalized spacial score (nSPS) is 26.1. The van der Waals surface area contributed by atoms with Gasteiger partial charge < -0.3 is 15.2 Å². The molecule has 1 amide bonds. The minimum Gasteiger partial charge on any atom is -0.481 e. The minimum atomic E-state index is -0.839. The van der Waals surface area contributed by atoms with Crippen molar-refractivity contribution in [1.82, 2.24) is 5.32 Å². The third-order valence-corrected chi connectivity index (χ3v) is 3.89. The predicted octanol–water partition coefficient (Wildman–Crippen LogP) is 1.46. The maximum Gasteiger partial charge on any atom is 0.305 e. The Hall–Kier alpha value is -1.10. The summed E-state index contributed by atoms with van der Waals surface area (Å²) >= 11 is 0. The molecule has 2 rings (SSSR count). The molecule has 1 unspecified atom stereocenters. The number of aliphatic carboxylic acids is 1. The number of carboxylic acid groups (broad SMARTS) is 1. The molecule has 2 N–H and O–H groups in total. The molecule has 0 radical (unpaired) electrons. The number of carboxylic acids is 1. The van der Waals surface area contributed by atoms with Crippen molar-refractivity contribution in [3.8, 4) is 0 Å². The fourth-order valence-electron chi connectivity index (χ4n) is 3.05. The van der Waals surface area contributed by atoms with Crippen LogP contribution in [0.15, 0.2) is 0 Å². The Bertz CT molecular complexity index is 317. The van der Waals surface area contributed by atoms with Crippen molar-refractivity contribution < 1.29 is 19.4 Å². The van der Waals surface area contributed by atoms with Crippen LogP contribution in [0, 0.1) is 0 Å². The molecule has 1 saturated heterocycles. The molecular weight excluding hydrogens is 234 g/mol. The fourth-order valence-corrected chi connectivity index (χ4v) is 3.05. The fraction of sp³-hybridized carbons (Fsp3) is 0.846. The molecule has 5 heteroatoms. The van der Waals surface area contributed by atoms with Crippen LogP contribution in [0.25, 0.3) is 0 Å². The molecule has 2 aliphatic rings. The molecule has 1 heterocycles. The van der Waals surface area contributed by atoms with Crippen molar-refractivity contribution in [3.63, 3.8) is 0 Å². The lowest BCUT2D eigenvalue weighted by Crippen LogP contribution is -2.48. The Morgan fingerprint density at radius 1 is 1.28 bits per heavy atom. The summed E-state index contributed by atoms with van der Waals surface area (Å²) in [7, 11) is 0. The van der Waals surface area contributed by atoms with Crippen LogP contribution < -0.4 is 5.32 Å². The van der Waals surface area contributed by atoms with Gasteiger partial charge in [0, 0.05) is 6.61 Å². The number of hydrogen-bond donors (Lipinski definition) is 2. The summed E-state index contributed by atoms with van der Waals surface area (Å²) in [6.07, 6.45) is 5.89. The van der Waals surface area contributed by atoms with Gasteiger partial charge in [-0.2, -0.15) is 0 Å². The topological polar surface area (TPSA) is 75.6 Å². The van der Waals surface area contributed by atoms with E-state index < -0.39 is 11.5 Å². The van der Waals surface area contributed by atoms with E-state index in [2.05, 4.69) is 5.32 Å². The van der Waals surface area contributed by atoms with E-state index in [1.807, 2.05) is 0 Å². The van der Waals surface area contributed by atoms with Gasteiger partial charge in [-0.3, -0.25) is 9.59 Å². The zero-order valence-corrected chi connectivity index (χ0v) is 10.6. The van der Waals surface area contributed by atoms with Gasteiger partial charge >= 0.3 is 5.97 Å². The van der Waals surface area contributed by atoms with Crippen molar-refractivity contribution in [3.05, 3.63) is 0 Å². The highest BCUT2D eigenvalue weighted by Crippen LogP contribution is 2.33. The Morgan fingerprint density at radius 2 is 2.00 bits per heavy atom. The lowest BCUT2D eigenvalue weighted by Gasteiger charge is -2.29. The van der Waals surface area contributed by atoms with Crippen molar-refractivity contribution in [2.24, 2.45) is 0 Å². The third kappa shape index (κ3) is 3.45. The molecule has 0 aromatic carbocycles. The zero-order valence-electron chi connectivity index (χ0n) is 10.6. The molecule has 0 spiro atoms. The predicted molar refractivity (Wildman–Crippen MR) is 65.2 cm³/mol. The molecule has 0 aromatic heterocycles. The van der Waals surface area contributed by atoms with Crippen molar-refractivity contribution in [2.45, 2.75) is 63.0 Å². The maximum atomic E-state index is 12.0. The van der Waals surface area contributed by atoms with Gasteiger partial charge in [0.1, 0.15) is 0 Å². The van der Waals surface area contributed by atoms with Crippen molar-refractivity contribution >= 4 is 11.9 Å².